The van der Waals surface area contributed by atoms with Crippen LogP contribution in [-0.2, 0) is 0 Å². The Kier molecular flexibility index (Phi) is 4.10. The maximum Gasteiger partial charge on any atom is 0.259 e. The summed E-state index contributed by atoms with van der Waals surface area (Å²) in [5.41, 5.74) is 3.19. The normalized spacial score (nSPS) is 10.3. The summed E-state index contributed by atoms with van der Waals surface area (Å²) in [6.07, 6.45) is 1.79. The van der Waals surface area contributed by atoms with Crippen LogP contribution >= 0.6 is 0 Å². The van der Waals surface area contributed by atoms with Gasteiger partial charge in [0.05, 0.1) is 24.6 Å². The Hall–Kier alpha value is -3.08. The minimum absolute atomic E-state index is 0.201. The standard InChI is InChI=1S/C18H17N3O2/c1-12-19-11-16(20-12)13-7-9-14(10-8-13)21-18(22)15-5-3-4-6-17(15)23-2/h3-11H,1-2H3,(H,19,20)(H,21,22). The summed E-state index contributed by atoms with van der Waals surface area (Å²) < 4.78 is 5.21. The molecule has 2 N–H and O–H groups in total. The fraction of sp³-hybridized carbons (Fsp3) is 0.111. The third kappa shape index (κ3) is 3.23. The van der Waals surface area contributed by atoms with Gasteiger partial charge in [0.1, 0.15) is 11.6 Å². The van der Waals surface area contributed by atoms with Gasteiger partial charge in [-0.2, -0.15) is 0 Å². The molecule has 0 atom stereocenters. The van der Waals surface area contributed by atoms with Crippen LogP contribution in [0.5, 0.6) is 5.75 Å². The fourth-order valence-corrected chi connectivity index (χ4v) is 2.33. The van der Waals surface area contributed by atoms with E-state index < -0.39 is 0 Å². The number of aromatic amines is 1. The molecule has 0 unspecified atom stereocenters. The van der Waals surface area contributed by atoms with Crippen molar-refractivity contribution in [3.63, 3.8) is 0 Å². The Morgan fingerprint density at radius 2 is 1.87 bits per heavy atom. The molecule has 0 bridgehead atoms. The Morgan fingerprint density at radius 1 is 1.13 bits per heavy atom. The number of benzene rings is 2. The number of para-hydroxylation sites is 1. The van der Waals surface area contributed by atoms with Crippen molar-refractivity contribution < 1.29 is 9.53 Å². The van der Waals surface area contributed by atoms with Gasteiger partial charge in [0, 0.05) is 5.69 Å². The first-order chi connectivity index (χ1) is 11.2. The number of hydrogen-bond donors (Lipinski definition) is 2. The van der Waals surface area contributed by atoms with Crippen molar-refractivity contribution in [2.24, 2.45) is 0 Å². The summed E-state index contributed by atoms with van der Waals surface area (Å²) in [5.74, 6) is 1.22. The largest absolute Gasteiger partial charge is 0.496 e. The van der Waals surface area contributed by atoms with E-state index in [4.69, 9.17) is 4.74 Å². The second kappa shape index (κ2) is 6.36. The Bertz CT molecular complexity index is 822. The van der Waals surface area contributed by atoms with Crippen molar-refractivity contribution >= 4 is 11.6 Å². The van der Waals surface area contributed by atoms with E-state index in [0.717, 1.165) is 22.8 Å². The number of hydrogen-bond acceptors (Lipinski definition) is 3. The molecular formula is C18H17N3O2. The number of methoxy groups -OCH3 is 1. The molecule has 0 saturated carbocycles. The number of carbonyl (C=O) groups is 1. The number of anilines is 1. The molecule has 0 aliphatic heterocycles. The third-order valence-electron chi connectivity index (χ3n) is 3.51. The second-order valence-corrected chi connectivity index (χ2v) is 5.11. The van der Waals surface area contributed by atoms with Gasteiger partial charge in [-0.05, 0) is 36.8 Å². The predicted molar refractivity (Wildman–Crippen MR) is 89.7 cm³/mol. The summed E-state index contributed by atoms with van der Waals surface area (Å²) in [5, 5.41) is 2.87. The van der Waals surface area contributed by atoms with Crippen LogP contribution in [0.15, 0.2) is 54.7 Å². The molecule has 1 amide bonds. The number of ether oxygens (including phenoxy) is 1. The molecule has 116 valence electrons. The van der Waals surface area contributed by atoms with Crippen molar-refractivity contribution in [1.82, 2.24) is 9.97 Å². The van der Waals surface area contributed by atoms with Gasteiger partial charge in [0.15, 0.2) is 0 Å². The van der Waals surface area contributed by atoms with E-state index in [1.165, 1.54) is 0 Å². The lowest BCUT2D eigenvalue weighted by Gasteiger charge is -2.09. The molecule has 0 radical (unpaired) electrons. The van der Waals surface area contributed by atoms with E-state index in [2.05, 4.69) is 15.3 Å². The van der Waals surface area contributed by atoms with Gasteiger partial charge in [0.25, 0.3) is 5.91 Å². The quantitative estimate of drug-likeness (QED) is 0.773. The number of H-pyrrole nitrogens is 1. The summed E-state index contributed by atoms with van der Waals surface area (Å²) in [6.45, 7) is 1.91. The van der Waals surface area contributed by atoms with E-state index >= 15 is 0 Å². The average Bonchev–Trinajstić information content (AvgIpc) is 3.02. The SMILES string of the molecule is COc1ccccc1C(=O)Nc1ccc(-c2cnc(C)[nH]2)cc1. The van der Waals surface area contributed by atoms with Gasteiger partial charge in [-0.15, -0.1) is 0 Å². The number of amides is 1. The highest BCUT2D eigenvalue weighted by atomic mass is 16.5. The molecule has 23 heavy (non-hydrogen) atoms. The zero-order valence-corrected chi connectivity index (χ0v) is 13.0. The van der Waals surface area contributed by atoms with Crippen molar-refractivity contribution in [1.29, 1.82) is 0 Å². The van der Waals surface area contributed by atoms with Crippen LogP contribution in [-0.4, -0.2) is 23.0 Å². The van der Waals surface area contributed by atoms with Crippen LogP contribution in [0.2, 0.25) is 0 Å². The molecule has 0 fully saturated rings. The van der Waals surface area contributed by atoms with Gasteiger partial charge in [0.2, 0.25) is 0 Å². The van der Waals surface area contributed by atoms with Crippen LogP contribution in [0.4, 0.5) is 5.69 Å². The van der Waals surface area contributed by atoms with E-state index in [9.17, 15) is 4.79 Å². The van der Waals surface area contributed by atoms with Crippen molar-refractivity contribution in [3.8, 4) is 17.0 Å². The summed E-state index contributed by atoms with van der Waals surface area (Å²) in [6, 6.07) is 14.7. The molecule has 0 spiro atoms. The summed E-state index contributed by atoms with van der Waals surface area (Å²) in [7, 11) is 1.55. The van der Waals surface area contributed by atoms with Crippen molar-refractivity contribution in [3.05, 3.63) is 66.1 Å². The van der Waals surface area contributed by atoms with Gasteiger partial charge in [-0.1, -0.05) is 24.3 Å². The van der Waals surface area contributed by atoms with Gasteiger partial charge in [-0.25, -0.2) is 4.98 Å². The molecular weight excluding hydrogens is 290 g/mol. The number of nitrogens with one attached hydrogen (secondary N) is 2. The maximum absolute atomic E-state index is 12.3. The van der Waals surface area contributed by atoms with Crippen molar-refractivity contribution in [2.75, 3.05) is 12.4 Å². The third-order valence-corrected chi connectivity index (χ3v) is 3.51. The molecule has 5 heteroatoms. The number of aryl methyl sites for hydroxylation is 1. The van der Waals surface area contributed by atoms with Gasteiger partial charge >= 0.3 is 0 Å². The minimum Gasteiger partial charge on any atom is -0.496 e. The monoisotopic (exact) mass is 307 g/mol. The van der Waals surface area contributed by atoms with E-state index in [0.29, 0.717) is 11.3 Å². The first kappa shape index (κ1) is 14.8. The number of imidazole rings is 1. The lowest BCUT2D eigenvalue weighted by Crippen LogP contribution is -2.12. The molecule has 2 aromatic carbocycles. The van der Waals surface area contributed by atoms with Crippen LogP contribution < -0.4 is 10.1 Å². The van der Waals surface area contributed by atoms with Crippen LogP contribution in [0.1, 0.15) is 16.2 Å². The van der Waals surface area contributed by atoms with Crippen LogP contribution in [0.25, 0.3) is 11.3 Å². The molecule has 0 aliphatic rings. The lowest BCUT2D eigenvalue weighted by atomic mass is 10.1. The number of carbonyl (C=O) groups excluding carboxylic acids is 1. The van der Waals surface area contributed by atoms with Crippen LogP contribution in [0, 0.1) is 6.92 Å². The molecule has 1 heterocycles. The Balaban J connectivity index is 1.77. The maximum atomic E-state index is 12.3. The minimum atomic E-state index is -0.201. The van der Waals surface area contributed by atoms with Gasteiger partial charge in [-0.3, -0.25) is 4.79 Å². The summed E-state index contributed by atoms with van der Waals surface area (Å²) in [4.78, 5) is 19.7. The predicted octanol–water partition coefficient (Wildman–Crippen LogP) is 3.65. The number of rotatable bonds is 4. The highest BCUT2D eigenvalue weighted by Gasteiger charge is 2.11. The molecule has 5 nitrogen and oxygen atoms in total. The fourth-order valence-electron chi connectivity index (χ4n) is 2.33. The molecule has 3 aromatic rings. The second-order valence-electron chi connectivity index (χ2n) is 5.11. The van der Waals surface area contributed by atoms with E-state index in [-0.39, 0.29) is 5.91 Å². The highest BCUT2D eigenvalue weighted by Crippen LogP contribution is 2.22. The van der Waals surface area contributed by atoms with Gasteiger partial charge < -0.3 is 15.0 Å². The molecule has 3 rings (SSSR count). The molecule has 0 saturated heterocycles. The highest BCUT2D eigenvalue weighted by molar-refractivity contribution is 6.06. The topological polar surface area (TPSA) is 67.0 Å². The van der Waals surface area contributed by atoms with Crippen molar-refractivity contribution in [2.45, 2.75) is 6.92 Å². The average molecular weight is 307 g/mol. The smallest absolute Gasteiger partial charge is 0.259 e. The number of nitrogens with zero attached hydrogens (tertiary/aromatic N) is 1. The molecule has 0 aliphatic carbocycles. The molecule has 1 aromatic heterocycles. The zero-order valence-electron chi connectivity index (χ0n) is 13.0. The van der Waals surface area contributed by atoms with E-state index in [1.54, 1.807) is 31.5 Å². The first-order valence-electron chi connectivity index (χ1n) is 7.24. The first-order valence-corrected chi connectivity index (χ1v) is 7.24. The Labute approximate surface area is 134 Å². The lowest BCUT2D eigenvalue weighted by molar-refractivity contribution is 0.102. The van der Waals surface area contributed by atoms with Crippen LogP contribution in [0.3, 0.4) is 0 Å². The summed E-state index contributed by atoms with van der Waals surface area (Å²) >= 11 is 0. The number of aromatic nitrogens is 2. The zero-order chi connectivity index (χ0) is 16.2. The van der Waals surface area contributed by atoms with E-state index in [1.807, 2.05) is 37.3 Å². The Morgan fingerprint density at radius 3 is 2.52 bits per heavy atom.